The maximum absolute atomic E-state index is 11.8. The van der Waals surface area contributed by atoms with Gasteiger partial charge < -0.3 is 15.7 Å². The largest absolute Gasteiger partial charge is 0.480 e. The van der Waals surface area contributed by atoms with Crippen LogP contribution in [0.15, 0.2) is 0 Å². The molecule has 0 aromatic rings. The molecule has 1 fully saturated rings. The summed E-state index contributed by atoms with van der Waals surface area (Å²) >= 11 is 0. The highest BCUT2D eigenvalue weighted by Crippen LogP contribution is 2.11. The molecular weight excluding hydrogens is 270 g/mol. The number of carbonyl (C=O) groups is 2. The number of urea groups is 1. The number of hydrogen-bond donors (Lipinski definition) is 3. The molecule has 122 valence electrons. The highest BCUT2D eigenvalue weighted by molar-refractivity contribution is 5.82. The van der Waals surface area contributed by atoms with Crippen LogP contribution in [-0.4, -0.2) is 53.7 Å². The quantitative estimate of drug-likeness (QED) is 0.668. The third-order valence-corrected chi connectivity index (χ3v) is 3.88. The molecule has 0 bridgehead atoms. The highest BCUT2D eigenvalue weighted by atomic mass is 16.4. The second-order valence-corrected chi connectivity index (χ2v) is 6.32. The number of nitrogens with zero attached hydrogens (tertiary/aromatic N) is 1. The summed E-state index contributed by atoms with van der Waals surface area (Å²) in [6.07, 6.45) is 4.15. The molecule has 1 rings (SSSR count). The van der Waals surface area contributed by atoms with E-state index in [9.17, 15) is 9.59 Å². The zero-order valence-electron chi connectivity index (χ0n) is 13.4. The summed E-state index contributed by atoms with van der Waals surface area (Å²) in [6, 6.07) is -0.938. The minimum atomic E-state index is -0.983. The summed E-state index contributed by atoms with van der Waals surface area (Å²) < 4.78 is 0. The van der Waals surface area contributed by atoms with E-state index in [-0.39, 0.29) is 12.0 Å². The minimum absolute atomic E-state index is 0.221. The van der Waals surface area contributed by atoms with Crippen LogP contribution in [-0.2, 0) is 4.79 Å². The first-order chi connectivity index (χ1) is 9.90. The van der Waals surface area contributed by atoms with Crippen LogP contribution in [0.4, 0.5) is 4.79 Å². The number of likely N-dealkylation sites (tertiary alicyclic amines) is 1. The molecule has 2 amide bonds. The molecule has 1 aliphatic rings. The number of piperidine rings is 1. The number of amides is 2. The molecule has 0 radical (unpaired) electrons. The molecule has 1 saturated heterocycles. The van der Waals surface area contributed by atoms with E-state index in [4.69, 9.17) is 5.11 Å². The number of carboxylic acids is 1. The molecule has 0 aliphatic carbocycles. The third kappa shape index (κ3) is 6.80. The van der Waals surface area contributed by atoms with E-state index >= 15 is 0 Å². The summed E-state index contributed by atoms with van der Waals surface area (Å²) in [6.45, 7) is 8.67. The average molecular weight is 299 g/mol. The van der Waals surface area contributed by atoms with Crippen molar-refractivity contribution in [2.45, 2.75) is 58.5 Å². The van der Waals surface area contributed by atoms with Crippen LogP contribution in [0.3, 0.4) is 0 Å². The Bertz CT molecular complexity index is 341. The standard InChI is InChI=1S/C15H29N3O3/c1-11(2)9-13(14(19)20)17-15(21)16-10-12(3)18-7-5-4-6-8-18/h11-13H,4-10H2,1-3H3,(H,19,20)(H2,16,17,21)/t12?,13-/m1/s1. The van der Waals surface area contributed by atoms with Gasteiger partial charge in [0.05, 0.1) is 0 Å². The fourth-order valence-corrected chi connectivity index (χ4v) is 2.63. The molecule has 21 heavy (non-hydrogen) atoms. The molecule has 0 spiro atoms. The van der Waals surface area contributed by atoms with Crippen molar-refractivity contribution < 1.29 is 14.7 Å². The number of carbonyl (C=O) groups excluding carboxylic acids is 1. The Labute approximate surface area is 127 Å². The minimum Gasteiger partial charge on any atom is -0.480 e. The number of nitrogens with one attached hydrogen (secondary N) is 2. The molecule has 1 unspecified atom stereocenters. The Kier molecular flexibility index (Phi) is 7.50. The van der Waals surface area contributed by atoms with Crippen molar-refractivity contribution in [3.63, 3.8) is 0 Å². The van der Waals surface area contributed by atoms with E-state index in [2.05, 4.69) is 22.5 Å². The lowest BCUT2D eigenvalue weighted by atomic mass is 10.0. The summed E-state index contributed by atoms with van der Waals surface area (Å²) in [5, 5.41) is 14.4. The predicted octanol–water partition coefficient (Wildman–Crippen LogP) is 1.66. The Morgan fingerprint density at radius 1 is 1.14 bits per heavy atom. The second kappa shape index (κ2) is 8.87. The van der Waals surface area contributed by atoms with Crippen molar-refractivity contribution in [1.29, 1.82) is 0 Å². The van der Waals surface area contributed by atoms with Gasteiger partial charge in [-0.2, -0.15) is 0 Å². The molecule has 1 heterocycles. The monoisotopic (exact) mass is 299 g/mol. The van der Waals surface area contributed by atoms with Gasteiger partial charge in [0.1, 0.15) is 6.04 Å². The van der Waals surface area contributed by atoms with Gasteiger partial charge in [0.2, 0.25) is 0 Å². The molecule has 0 aromatic carbocycles. The van der Waals surface area contributed by atoms with E-state index in [0.29, 0.717) is 13.0 Å². The fraction of sp³-hybridized carbons (Fsp3) is 0.867. The maximum atomic E-state index is 11.8. The van der Waals surface area contributed by atoms with E-state index in [1.54, 1.807) is 0 Å². The molecule has 0 saturated carbocycles. The Morgan fingerprint density at radius 3 is 2.29 bits per heavy atom. The lowest BCUT2D eigenvalue weighted by Crippen LogP contribution is -2.50. The zero-order chi connectivity index (χ0) is 15.8. The fourth-order valence-electron chi connectivity index (χ4n) is 2.63. The van der Waals surface area contributed by atoms with Crippen molar-refractivity contribution in [3.8, 4) is 0 Å². The van der Waals surface area contributed by atoms with Gasteiger partial charge >= 0.3 is 12.0 Å². The van der Waals surface area contributed by atoms with Gasteiger partial charge in [-0.3, -0.25) is 4.90 Å². The van der Waals surface area contributed by atoms with Crippen LogP contribution >= 0.6 is 0 Å². The molecular formula is C15H29N3O3. The first-order valence-electron chi connectivity index (χ1n) is 7.91. The van der Waals surface area contributed by atoms with E-state index in [1.807, 2.05) is 13.8 Å². The summed E-state index contributed by atoms with van der Waals surface area (Å²) in [5.74, 6) is -0.762. The van der Waals surface area contributed by atoms with Crippen molar-refractivity contribution in [3.05, 3.63) is 0 Å². The summed E-state index contributed by atoms with van der Waals surface area (Å²) in [7, 11) is 0. The molecule has 6 nitrogen and oxygen atoms in total. The Morgan fingerprint density at radius 2 is 1.76 bits per heavy atom. The number of hydrogen-bond acceptors (Lipinski definition) is 3. The molecule has 3 N–H and O–H groups in total. The van der Waals surface area contributed by atoms with E-state index < -0.39 is 18.0 Å². The Hall–Kier alpha value is -1.30. The Balaban J connectivity index is 2.32. The van der Waals surface area contributed by atoms with Crippen LogP contribution in [0.2, 0.25) is 0 Å². The van der Waals surface area contributed by atoms with Crippen LogP contribution in [0, 0.1) is 5.92 Å². The normalized spacial score (nSPS) is 19.0. The van der Waals surface area contributed by atoms with Crippen LogP contribution in [0.5, 0.6) is 0 Å². The highest BCUT2D eigenvalue weighted by Gasteiger charge is 2.22. The SMILES string of the molecule is CC(C)C[C@@H](NC(=O)NCC(C)N1CCCCC1)C(=O)O. The average Bonchev–Trinajstić information content (AvgIpc) is 2.44. The van der Waals surface area contributed by atoms with Crippen molar-refractivity contribution in [2.75, 3.05) is 19.6 Å². The first kappa shape index (κ1) is 17.8. The van der Waals surface area contributed by atoms with Gasteiger partial charge in [-0.15, -0.1) is 0 Å². The molecule has 1 aliphatic heterocycles. The van der Waals surface area contributed by atoms with Gasteiger partial charge in [-0.1, -0.05) is 20.3 Å². The van der Waals surface area contributed by atoms with Crippen LogP contribution in [0.1, 0.15) is 46.5 Å². The van der Waals surface area contributed by atoms with Crippen LogP contribution < -0.4 is 10.6 Å². The first-order valence-corrected chi connectivity index (χ1v) is 7.91. The topological polar surface area (TPSA) is 81.7 Å². The molecule has 2 atom stereocenters. The summed E-state index contributed by atoms with van der Waals surface area (Å²) in [4.78, 5) is 25.3. The number of rotatable bonds is 7. The van der Waals surface area contributed by atoms with E-state index in [0.717, 1.165) is 13.1 Å². The van der Waals surface area contributed by atoms with Gasteiger partial charge in [-0.25, -0.2) is 9.59 Å². The van der Waals surface area contributed by atoms with Gasteiger partial charge in [0.25, 0.3) is 0 Å². The zero-order valence-corrected chi connectivity index (χ0v) is 13.4. The lowest BCUT2D eigenvalue weighted by molar-refractivity contribution is -0.139. The van der Waals surface area contributed by atoms with Crippen LogP contribution in [0.25, 0.3) is 0 Å². The van der Waals surface area contributed by atoms with Gasteiger partial charge in [0.15, 0.2) is 0 Å². The van der Waals surface area contributed by atoms with Crippen molar-refractivity contribution in [2.24, 2.45) is 5.92 Å². The third-order valence-electron chi connectivity index (χ3n) is 3.88. The lowest BCUT2D eigenvalue weighted by Gasteiger charge is -2.32. The number of carboxylic acid groups (broad SMARTS) is 1. The predicted molar refractivity (Wildman–Crippen MR) is 82.3 cm³/mol. The van der Waals surface area contributed by atoms with Gasteiger partial charge in [-0.05, 0) is 45.2 Å². The van der Waals surface area contributed by atoms with E-state index in [1.165, 1.54) is 19.3 Å². The van der Waals surface area contributed by atoms with Crippen molar-refractivity contribution in [1.82, 2.24) is 15.5 Å². The second-order valence-electron chi connectivity index (χ2n) is 6.32. The summed E-state index contributed by atoms with van der Waals surface area (Å²) in [5.41, 5.74) is 0. The molecule has 0 aromatic heterocycles. The maximum Gasteiger partial charge on any atom is 0.326 e. The molecule has 6 heteroatoms. The van der Waals surface area contributed by atoms with Gasteiger partial charge in [0, 0.05) is 12.6 Å². The smallest absolute Gasteiger partial charge is 0.326 e. The number of aliphatic carboxylic acids is 1. The van der Waals surface area contributed by atoms with Crippen molar-refractivity contribution >= 4 is 12.0 Å².